The average molecular weight is 420 g/mol. The van der Waals surface area contributed by atoms with Crippen LogP contribution in [0.3, 0.4) is 0 Å². The average Bonchev–Trinajstić information content (AvgIpc) is 2.74. The number of Topliss-reactive ketones (excluding diaryl/α,β-unsaturated/α-hetero) is 2. The van der Waals surface area contributed by atoms with E-state index in [9.17, 15) is 9.59 Å². The van der Waals surface area contributed by atoms with Gasteiger partial charge in [0.2, 0.25) is 11.6 Å². The summed E-state index contributed by atoms with van der Waals surface area (Å²) < 4.78 is 6.46. The molecule has 0 radical (unpaired) electrons. The largest absolute Gasteiger partial charge is 0.489 e. The Kier molecular flexibility index (Phi) is 11.3. The third-order valence-corrected chi connectivity index (χ3v) is 6.21. The number of carbonyl (C=O) groups excluding carboxylic acids is 2. The highest BCUT2D eigenvalue weighted by Gasteiger charge is 2.47. The number of piperidine rings is 1. The number of carbonyl (C=O) groups is 2. The molecule has 1 aliphatic carbocycles. The Labute approximate surface area is 180 Å². The third kappa shape index (κ3) is 6.19. The molecule has 5 heteroatoms. The number of ether oxygens (including phenoxy) is 1. The lowest BCUT2D eigenvalue weighted by Crippen LogP contribution is -2.49. The fraction of sp³-hybridized carbons (Fsp3) is 0.583. The van der Waals surface area contributed by atoms with E-state index in [2.05, 4.69) is 32.3 Å². The molecule has 1 atom stereocenters. The summed E-state index contributed by atoms with van der Waals surface area (Å²) in [6, 6.07) is 0. The second-order valence-corrected chi connectivity index (χ2v) is 8.14. The summed E-state index contributed by atoms with van der Waals surface area (Å²) >= 11 is 1.50. The van der Waals surface area contributed by atoms with Gasteiger partial charge < -0.3 is 10.1 Å². The molecule has 29 heavy (non-hydrogen) atoms. The van der Waals surface area contributed by atoms with Gasteiger partial charge in [-0.1, -0.05) is 58.9 Å². The molecule has 0 saturated carbocycles. The van der Waals surface area contributed by atoms with Crippen LogP contribution < -0.4 is 5.32 Å². The Morgan fingerprint density at radius 3 is 2.34 bits per heavy atom. The Bertz CT molecular complexity index is 657. The van der Waals surface area contributed by atoms with Crippen LogP contribution in [-0.2, 0) is 14.3 Å². The normalized spacial score (nSPS) is 23.9. The maximum Gasteiger partial charge on any atom is 0.242 e. The van der Waals surface area contributed by atoms with Gasteiger partial charge in [-0.25, -0.2) is 0 Å². The molecule has 1 saturated heterocycles. The van der Waals surface area contributed by atoms with Gasteiger partial charge in [0.05, 0.1) is 4.91 Å². The van der Waals surface area contributed by atoms with Crippen molar-refractivity contribution in [2.24, 2.45) is 5.92 Å². The van der Waals surface area contributed by atoms with Gasteiger partial charge in [-0.3, -0.25) is 9.59 Å². The first-order valence-corrected chi connectivity index (χ1v) is 11.8. The number of nitrogens with one attached hydrogen (secondary N) is 1. The van der Waals surface area contributed by atoms with Gasteiger partial charge in [-0.05, 0) is 25.9 Å². The predicted molar refractivity (Wildman–Crippen MR) is 124 cm³/mol. The standard InChI is InChI=1S/C19H23NO3S.C3H8.C2H6/c1-3-5-7-14-13(6-4-2)15(21)16(22)18-17(14)23-19(12-24-18)8-10-20-11-9-19;1-3-2;1-2/h3-4,6,14,20H,1-2,5,7-12H2;3H2,1-2H3;1-2H3/b13-6+;;. The first-order valence-electron chi connectivity index (χ1n) is 10.8. The minimum atomic E-state index is -0.429. The Hall–Kier alpha value is -1.59. The van der Waals surface area contributed by atoms with Crippen molar-refractivity contribution in [1.29, 1.82) is 0 Å². The van der Waals surface area contributed by atoms with Crippen molar-refractivity contribution in [3.8, 4) is 0 Å². The molecule has 1 spiro atoms. The van der Waals surface area contributed by atoms with Crippen LogP contribution in [0.2, 0.25) is 0 Å². The predicted octanol–water partition coefficient (Wildman–Crippen LogP) is 5.37. The van der Waals surface area contributed by atoms with E-state index in [1.165, 1.54) is 18.2 Å². The molecule has 1 N–H and O–H groups in total. The summed E-state index contributed by atoms with van der Waals surface area (Å²) in [5.41, 5.74) is 0.281. The summed E-state index contributed by atoms with van der Waals surface area (Å²) in [6.45, 7) is 17.6. The van der Waals surface area contributed by atoms with Crippen LogP contribution in [0.1, 0.15) is 59.8 Å². The molecule has 0 aromatic rings. The van der Waals surface area contributed by atoms with Crippen molar-refractivity contribution < 1.29 is 14.3 Å². The van der Waals surface area contributed by atoms with Gasteiger partial charge in [-0.15, -0.1) is 18.3 Å². The van der Waals surface area contributed by atoms with Crippen LogP contribution in [-0.4, -0.2) is 36.0 Å². The zero-order valence-corrected chi connectivity index (χ0v) is 19.3. The van der Waals surface area contributed by atoms with Crippen LogP contribution in [0.5, 0.6) is 0 Å². The van der Waals surface area contributed by atoms with Crippen LogP contribution in [0, 0.1) is 5.92 Å². The van der Waals surface area contributed by atoms with Crippen LogP contribution in [0.15, 0.2) is 47.6 Å². The number of thioether (sulfide) groups is 1. The molecular weight excluding hydrogens is 382 g/mol. The first-order chi connectivity index (χ1) is 14.0. The summed E-state index contributed by atoms with van der Waals surface area (Å²) in [7, 11) is 0. The molecule has 2 aliphatic heterocycles. The fourth-order valence-corrected chi connectivity index (χ4v) is 4.85. The third-order valence-electron chi connectivity index (χ3n) is 4.87. The van der Waals surface area contributed by atoms with E-state index >= 15 is 0 Å². The van der Waals surface area contributed by atoms with Gasteiger partial charge in [0.25, 0.3) is 0 Å². The van der Waals surface area contributed by atoms with E-state index in [-0.39, 0.29) is 11.5 Å². The van der Waals surface area contributed by atoms with Crippen LogP contribution in [0.4, 0.5) is 0 Å². The minimum absolute atomic E-state index is 0.180. The molecule has 3 rings (SSSR count). The van der Waals surface area contributed by atoms with E-state index in [1.807, 2.05) is 19.9 Å². The van der Waals surface area contributed by atoms with Crippen molar-refractivity contribution in [2.45, 2.75) is 65.4 Å². The van der Waals surface area contributed by atoms with Crippen molar-refractivity contribution in [3.63, 3.8) is 0 Å². The second-order valence-electron chi connectivity index (χ2n) is 7.16. The van der Waals surface area contributed by atoms with Gasteiger partial charge in [0.1, 0.15) is 11.4 Å². The molecule has 162 valence electrons. The smallest absolute Gasteiger partial charge is 0.242 e. The first kappa shape index (κ1) is 25.4. The second kappa shape index (κ2) is 12.9. The molecule has 1 fully saturated rings. The SMILES string of the molecule is C=C/C=C1/C(=O)C(=O)C2=C(OC3(CCNCC3)CS2)C1CCC=C.CC.CCC. The highest BCUT2D eigenvalue weighted by molar-refractivity contribution is 8.04. The molecule has 0 bridgehead atoms. The number of rotatable bonds is 4. The van der Waals surface area contributed by atoms with Gasteiger partial charge in [-0.2, -0.15) is 0 Å². The lowest BCUT2D eigenvalue weighted by molar-refractivity contribution is -0.133. The minimum Gasteiger partial charge on any atom is -0.489 e. The Morgan fingerprint density at radius 2 is 1.79 bits per heavy atom. The fourth-order valence-electron chi connectivity index (χ4n) is 3.54. The number of hydrogen-bond acceptors (Lipinski definition) is 5. The number of hydrogen-bond donors (Lipinski definition) is 1. The molecule has 3 aliphatic rings. The quantitative estimate of drug-likeness (QED) is 0.377. The molecule has 0 amide bonds. The Balaban J connectivity index is 0.000000771. The maximum atomic E-state index is 12.5. The lowest BCUT2D eigenvalue weighted by atomic mass is 9.82. The Morgan fingerprint density at radius 1 is 1.17 bits per heavy atom. The van der Waals surface area contributed by atoms with Crippen molar-refractivity contribution in [2.75, 3.05) is 18.8 Å². The molecule has 2 heterocycles. The van der Waals surface area contributed by atoms with E-state index in [1.54, 1.807) is 12.2 Å². The summed E-state index contributed by atoms with van der Waals surface area (Å²) in [5, 5.41) is 3.35. The monoisotopic (exact) mass is 419 g/mol. The zero-order valence-electron chi connectivity index (χ0n) is 18.5. The van der Waals surface area contributed by atoms with Gasteiger partial charge in [0, 0.05) is 30.1 Å². The molecular formula is C24H37NO3S. The van der Waals surface area contributed by atoms with E-state index < -0.39 is 11.6 Å². The van der Waals surface area contributed by atoms with E-state index in [0.717, 1.165) is 44.5 Å². The summed E-state index contributed by atoms with van der Waals surface area (Å²) in [4.78, 5) is 25.5. The molecule has 0 aromatic carbocycles. The van der Waals surface area contributed by atoms with E-state index in [4.69, 9.17) is 4.74 Å². The summed E-state index contributed by atoms with van der Waals surface area (Å²) in [5.74, 6) is 0.413. The maximum absolute atomic E-state index is 12.5. The zero-order chi connectivity index (χ0) is 21.9. The number of allylic oxidation sites excluding steroid dienone is 5. The molecule has 4 nitrogen and oxygen atoms in total. The van der Waals surface area contributed by atoms with Crippen LogP contribution in [0.25, 0.3) is 0 Å². The van der Waals surface area contributed by atoms with Crippen molar-refractivity contribution in [1.82, 2.24) is 5.32 Å². The summed E-state index contributed by atoms with van der Waals surface area (Å²) in [6.07, 6.45) is 9.65. The van der Waals surface area contributed by atoms with Crippen molar-refractivity contribution >= 4 is 23.3 Å². The van der Waals surface area contributed by atoms with Gasteiger partial charge in [0.15, 0.2) is 0 Å². The topological polar surface area (TPSA) is 55.4 Å². The van der Waals surface area contributed by atoms with Gasteiger partial charge >= 0.3 is 0 Å². The highest BCUT2D eigenvalue weighted by atomic mass is 32.2. The lowest BCUT2D eigenvalue weighted by Gasteiger charge is -2.45. The van der Waals surface area contributed by atoms with Crippen LogP contribution >= 0.6 is 11.8 Å². The van der Waals surface area contributed by atoms with Crippen molar-refractivity contribution in [3.05, 3.63) is 47.6 Å². The molecule has 0 aromatic heterocycles. The molecule has 1 unspecified atom stereocenters. The highest BCUT2D eigenvalue weighted by Crippen LogP contribution is 2.47. The number of ketones is 2. The van der Waals surface area contributed by atoms with E-state index in [0.29, 0.717) is 16.2 Å².